The van der Waals surface area contributed by atoms with Gasteiger partial charge >= 0.3 is 0 Å². The molecule has 0 aliphatic rings. The van der Waals surface area contributed by atoms with Gasteiger partial charge in [-0.05, 0) is 12.5 Å². The Labute approximate surface area is 146 Å². The summed E-state index contributed by atoms with van der Waals surface area (Å²) in [7, 11) is 0. The molecule has 4 rings (SSSR count). The lowest BCUT2D eigenvalue weighted by atomic mass is 10.1. The highest BCUT2D eigenvalue weighted by molar-refractivity contribution is 7.19. The molecular weight excluding hydrogens is 310 g/mol. The number of benzene rings is 3. The summed E-state index contributed by atoms with van der Waals surface area (Å²) in [6.07, 6.45) is 0. The Bertz CT molecular complexity index is 881. The van der Waals surface area contributed by atoms with Gasteiger partial charge in [-0.25, -0.2) is 4.98 Å². The summed E-state index contributed by atoms with van der Waals surface area (Å²) < 4.78 is 0. The van der Waals surface area contributed by atoms with Gasteiger partial charge in [0.25, 0.3) is 0 Å². The van der Waals surface area contributed by atoms with E-state index < -0.39 is 0 Å². The normalized spacial score (nSPS) is 10.7. The quantitative estimate of drug-likeness (QED) is 0.421. The molecule has 116 valence electrons. The van der Waals surface area contributed by atoms with E-state index in [9.17, 15) is 0 Å². The highest BCUT2D eigenvalue weighted by atomic mass is 32.1. The van der Waals surface area contributed by atoms with Crippen molar-refractivity contribution in [2.45, 2.75) is 6.92 Å². The van der Waals surface area contributed by atoms with Gasteiger partial charge in [0.05, 0.1) is 10.6 Å². The predicted molar refractivity (Wildman–Crippen MR) is 103 cm³/mol. The van der Waals surface area contributed by atoms with Gasteiger partial charge in [0.1, 0.15) is 5.01 Å². The molecule has 1 aromatic heterocycles. The zero-order valence-corrected chi connectivity index (χ0v) is 14.3. The summed E-state index contributed by atoms with van der Waals surface area (Å²) in [5, 5.41) is 1.06. The van der Waals surface area contributed by atoms with Crippen molar-refractivity contribution in [3.63, 3.8) is 0 Å². The van der Waals surface area contributed by atoms with E-state index in [-0.39, 0.29) is 0 Å². The second kappa shape index (κ2) is 6.42. The molecule has 2 heteroatoms. The van der Waals surface area contributed by atoms with Crippen LogP contribution in [0.15, 0.2) is 84.9 Å². The van der Waals surface area contributed by atoms with E-state index in [1.165, 1.54) is 21.6 Å². The highest BCUT2D eigenvalue weighted by Crippen LogP contribution is 2.40. The fourth-order valence-electron chi connectivity index (χ4n) is 2.72. The molecule has 0 spiro atoms. The molecule has 0 bridgehead atoms. The van der Waals surface area contributed by atoms with Crippen LogP contribution in [0.2, 0.25) is 0 Å². The van der Waals surface area contributed by atoms with Crippen molar-refractivity contribution in [1.82, 2.24) is 4.98 Å². The third-order valence-electron chi connectivity index (χ3n) is 4.01. The summed E-state index contributed by atoms with van der Waals surface area (Å²) in [6, 6.07) is 29.5. The minimum Gasteiger partial charge on any atom is -0.235 e. The van der Waals surface area contributed by atoms with Crippen LogP contribution in [0, 0.1) is 6.92 Å². The molecule has 0 fully saturated rings. The first-order valence-corrected chi connectivity index (χ1v) is 8.81. The third kappa shape index (κ3) is 2.89. The maximum Gasteiger partial charge on any atom is 0.124 e. The van der Waals surface area contributed by atoms with Crippen molar-refractivity contribution >= 4 is 11.3 Å². The van der Waals surface area contributed by atoms with Crippen LogP contribution < -0.4 is 0 Å². The fraction of sp³-hybridized carbons (Fsp3) is 0.0455. The first-order chi connectivity index (χ1) is 11.8. The smallest absolute Gasteiger partial charge is 0.124 e. The van der Waals surface area contributed by atoms with E-state index in [4.69, 9.17) is 4.98 Å². The van der Waals surface area contributed by atoms with Gasteiger partial charge in [0, 0.05) is 11.1 Å². The summed E-state index contributed by atoms with van der Waals surface area (Å²) >= 11 is 1.76. The molecule has 0 radical (unpaired) electrons. The van der Waals surface area contributed by atoms with E-state index in [2.05, 4.69) is 79.7 Å². The van der Waals surface area contributed by atoms with Crippen LogP contribution in [0.3, 0.4) is 0 Å². The summed E-state index contributed by atoms with van der Waals surface area (Å²) in [4.78, 5) is 6.20. The Morgan fingerprint density at radius 1 is 0.625 bits per heavy atom. The van der Waals surface area contributed by atoms with Crippen LogP contribution in [0.5, 0.6) is 0 Å². The molecule has 0 atom stereocenters. The molecule has 3 aromatic carbocycles. The molecule has 1 nitrogen and oxygen atoms in total. The Balaban J connectivity index is 1.89. The van der Waals surface area contributed by atoms with Gasteiger partial charge in [0.2, 0.25) is 0 Å². The van der Waals surface area contributed by atoms with Crippen molar-refractivity contribution in [3.8, 4) is 32.3 Å². The van der Waals surface area contributed by atoms with Crippen molar-refractivity contribution in [2.75, 3.05) is 0 Å². The first kappa shape index (κ1) is 14.9. The standard InChI is InChI=1S/C22H17NS/c1-16-12-14-19(15-13-16)22-23-20(17-8-4-2-5-9-17)21(24-22)18-10-6-3-7-11-18/h2-15H,1H3. The molecule has 0 aliphatic carbocycles. The van der Waals surface area contributed by atoms with Crippen LogP contribution in [-0.4, -0.2) is 4.98 Å². The Morgan fingerprint density at radius 3 is 1.83 bits per heavy atom. The Kier molecular flexibility index (Phi) is 3.97. The number of nitrogens with zero attached hydrogens (tertiary/aromatic N) is 1. The molecule has 1 heterocycles. The molecular formula is C22H17NS. The average molecular weight is 327 g/mol. The molecule has 0 saturated heterocycles. The lowest BCUT2D eigenvalue weighted by molar-refractivity contribution is 1.39. The minimum atomic E-state index is 1.06. The molecule has 0 unspecified atom stereocenters. The van der Waals surface area contributed by atoms with E-state index in [0.29, 0.717) is 0 Å². The molecule has 0 saturated carbocycles. The van der Waals surface area contributed by atoms with Gasteiger partial charge in [-0.15, -0.1) is 11.3 Å². The number of hydrogen-bond donors (Lipinski definition) is 0. The van der Waals surface area contributed by atoms with Crippen LogP contribution in [-0.2, 0) is 0 Å². The van der Waals surface area contributed by atoms with Crippen LogP contribution in [0.4, 0.5) is 0 Å². The molecule has 0 aliphatic heterocycles. The topological polar surface area (TPSA) is 12.9 Å². The van der Waals surface area contributed by atoms with E-state index in [1.807, 2.05) is 12.1 Å². The minimum absolute atomic E-state index is 1.06. The van der Waals surface area contributed by atoms with Gasteiger partial charge in [-0.3, -0.25) is 0 Å². The number of aryl methyl sites for hydroxylation is 1. The van der Waals surface area contributed by atoms with E-state index in [1.54, 1.807) is 11.3 Å². The Hall–Kier alpha value is -2.71. The second-order valence-electron chi connectivity index (χ2n) is 5.79. The monoisotopic (exact) mass is 327 g/mol. The summed E-state index contributed by atoms with van der Waals surface area (Å²) in [5.74, 6) is 0. The maximum atomic E-state index is 4.98. The van der Waals surface area contributed by atoms with E-state index in [0.717, 1.165) is 16.3 Å². The van der Waals surface area contributed by atoms with Crippen LogP contribution in [0.25, 0.3) is 32.3 Å². The lowest BCUT2D eigenvalue weighted by Gasteiger charge is -2.02. The number of rotatable bonds is 3. The maximum absolute atomic E-state index is 4.98. The summed E-state index contributed by atoms with van der Waals surface area (Å²) in [6.45, 7) is 2.11. The second-order valence-corrected chi connectivity index (χ2v) is 6.79. The average Bonchev–Trinajstić information content (AvgIpc) is 3.09. The van der Waals surface area contributed by atoms with Gasteiger partial charge in [0.15, 0.2) is 0 Å². The molecule has 4 aromatic rings. The van der Waals surface area contributed by atoms with Gasteiger partial charge in [-0.1, -0.05) is 90.5 Å². The van der Waals surface area contributed by atoms with Crippen LogP contribution in [0.1, 0.15) is 5.56 Å². The largest absolute Gasteiger partial charge is 0.235 e. The van der Waals surface area contributed by atoms with Crippen LogP contribution >= 0.6 is 11.3 Å². The molecule has 24 heavy (non-hydrogen) atoms. The van der Waals surface area contributed by atoms with Crippen molar-refractivity contribution < 1.29 is 0 Å². The zero-order chi connectivity index (χ0) is 16.4. The lowest BCUT2D eigenvalue weighted by Crippen LogP contribution is -1.82. The zero-order valence-electron chi connectivity index (χ0n) is 13.4. The van der Waals surface area contributed by atoms with Crippen molar-refractivity contribution in [1.29, 1.82) is 0 Å². The number of hydrogen-bond acceptors (Lipinski definition) is 2. The highest BCUT2D eigenvalue weighted by Gasteiger charge is 2.15. The van der Waals surface area contributed by atoms with Gasteiger partial charge in [-0.2, -0.15) is 0 Å². The molecule has 0 N–H and O–H groups in total. The SMILES string of the molecule is Cc1ccc(-c2nc(-c3ccccc3)c(-c3ccccc3)s2)cc1. The first-order valence-electron chi connectivity index (χ1n) is 8.00. The fourth-order valence-corrected chi connectivity index (χ4v) is 3.81. The van der Waals surface area contributed by atoms with Crippen molar-refractivity contribution in [2.24, 2.45) is 0 Å². The molecule has 0 amide bonds. The number of thiazole rings is 1. The number of aromatic nitrogens is 1. The van der Waals surface area contributed by atoms with Crippen molar-refractivity contribution in [3.05, 3.63) is 90.5 Å². The summed E-state index contributed by atoms with van der Waals surface area (Å²) in [5.41, 5.74) is 5.87. The Morgan fingerprint density at radius 2 is 1.21 bits per heavy atom. The van der Waals surface area contributed by atoms with E-state index >= 15 is 0 Å². The third-order valence-corrected chi connectivity index (χ3v) is 5.16. The predicted octanol–water partition coefficient (Wildman–Crippen LogP) is 6.45. The van der Waals surface area contributed by atoms with Gasteiger partial charge < -0.3 is 0 Å².